The van der Waals surface area contributed by atoms with E-state index in [0.29, 0.717) is 38.2 Å². The summed E-state index contributed by atoms with van der Waals surface area (Å²) in [5.41, 5.74) is 3.06. The molecule has 3 saturated heterocycles. The zero-order chi connectivity index (χ0) is 27.5. The molecule has 3 aromatic carbocycles. The van der Waals surface area contributed by atoms with Crippen molar-refractivity contribution in [2.45, 2.75) is 37.6 Å². The average molecular weight is 537 g/mol. The quantitative estimate of drug-likeness (QED) is 0.476. The Kier molecular flexibility index (Phi) is 7.29. The zero-order valence-corrected chi connectivity index (χ0v) is 22.9. The van der Waals surface area contributed by atoms with Crippen molar-refractivity contribution < 1.29 is 14.4 Å². The van der Waals surface area contributed by atoms with Crippen LogP contribution in [0.5, 0.6) is 0 Å². The van der Waals surface area contributed by atoms with Crippen LogP contribution >= 0.6 is 0 Å². The maximum atomic E-state index is 14.0. The number of carbonyl (C=O) groups excluding carboxylic acids is 3. The Labute approximate surface area is 236 Å². The van der Waals surface area contributed by atoms with Crippen LogP contribution in [0.4, 0.5) is 5.69 Å². The van der Waals surface area contributed by atoms with E-state index in [1.807, 2.05) is 82.6 Å². The van der Waals surface area contributed by atoms with Crippen LogP contribution in [0.2, 0.25) is 0 Å². The van der Waals surface area contributed by atoms with Crippen molar-refractivity contribution in [1.82, 2.24) is 14.7 Å². The van der Waals surface area contributed by atoms with Crippen LogP contribution < -0.4 is 4.90 Å². The molecule has 0 atom stereocenters. The summed E-state index contributed by atoms with van der Waals surface area (Å²) in [5.74, 6) is 0.0222. The van der Waals surface area contributed by atoms with E-state index in [4.69, 9.17) is 0 Å². The number of carbonyl (C=O) groups is 3. The Bertz CT molecular complexity index is 1350. The molecule has 7 nitrogen and oxygen atoms in total. The number of para-hydroxylation sites is 1. The van der Waals surface area contributed by atoms with Gasteiger partial charge in [-0.2, -0.15) is 0 Å². The van der Waals surface area contributed by atoms with Crippen molar-refractivity contribution in [3.8, 4) is 11.1 Å². The molecular weight excluding hydrogens is 500 g/mol. The second kappa shape index (κ2) is 11.2. The Balaban J connectivity index is 1.17. The normalized spacial score (nSPS) is 18.9. The molecule has 3 aliphatic rings. The van der Waals surface area contributed by atoms with Gasteiger partial charge in [-0.15, -0.1) is 0 Å². The molecule has 3 aromatic rings. The van der Waals surface area contributed by atoms with Crippen molar-refractivity contribution in [3.63, 3.8) is 0 Å². The van der Waals surface area contributed by atoms with E-state index in [-0.39, 0.29) is 24.3 Å². The maximum absolute atomic E-state index is 14.0. The topological polar surface area (TPSA) is 64.2 Å². The second-order valence-electron chi connectivity index (χ2n) is 11.1. The number of rotatable bonds is 5. The number of hydrogen-bond donors (Lipinski definition) is 0. The molecule has 3 fully saturated rings. The standard InChI is InChI=1S/C33H36N4O3/c38-30(34-20-8-3-9-21-34)24-36-25-37(29-12-6-2-7-13-29)33(32(36)40)18-22-35(23-19-33)31(39)28-16-14-27(15-17-28)26-10-4-1-5-11-26/h1-2,4-7,10-17H,3,8-9,18-25H2. The van der Waals surface area contributed by atoms with Gasteiger partial charge in [0.1, 0.15) is 12.1 Å². The van der Waals surface area contributed by atoms with Crippen LogP contribution in [-0.4, -0.2) is 77.4 Å². The minimum Gasteiger partial charge on any atom is -0.341 e. The highest BCUT2D eigenvalue weighted by molar-refractivity contribution is 5.98. The summed E-state index contributed by atoms with van der Waals surface area (Å²) in [6.45, 7) is 3.03. The summed E-state index contributed by atoms with van der Waals surface area (Å²) in [4.78, 5) is 48.2. The van der Waals surface area contributed by atoms with E-state index in [1.165, 1.54) is 0 Å². The fourth-order valence-electron chi connectivity index (χ4n) is 6.43. The van der Waals surface area contributed by atoms with E-state index < -0.39 is 5.54 Å². The van der Waals surface area contributed by atoms with Gasteiger partial charge in [0.25, 0.3) is 11.8 Å². The lowest BCUT2D eigenvalue weighted by Gasteiger charge is -2.43. The minimum atomic E-state index is -0.753. The molecule has 0 aromatic heterocycles. The van der Waals surface area contributed by atoms with Gasteiger partial charge >= 0.3 is 0 Å². The lowest BCUT2D eigenvalue weighted by atomic mass is 9.85. The van der Waals surface area contributed by atoms with E-state index in [9.17, 15) is 14.4 Å². The highest BCUT2D eigenvalue weighted by Crippen LogP contribution is 2.40. The minimum absolute atomic E-state index is 0.000950. The van der Waals surface area contributed by atoms with Crippen LogP contribution in [-0.2, 0) is 9.59 Å². The maximum Gasteiger partial charge on any atom is 0.253 e. The fraction of sp³-hybridized carbons (Fsp3) is 0.364. The van der Waals surface area contributed by atoms with E-state index >= 15 is 0 Å². The number of nitrogens with zero attached hydrogens (tertiary/aromatic N) is 4. The number of likely N-dealkylation sites (tertiary alicyclic amines) is 2. The van der Waals surface area contributed by atoms with Gasteiger partial charge in [0.2, 0.25) is 5.91 Å². The molecule has 0 saturated carbocycles. The van der Waals surface area contributed by atoms with Gasteiger partial charge in [0, 0.05) is 37.4 Å². The summed E-state index contributed by atoms with van der Waals surface area (Å²) < 4.78 is 0. The summed E-state index contributed by atoms with van der Waals surface area (Å²) in [5, 5.41) is 0. The highest BCUT2D eigenvalue weighted by Gasteiger charge is 2.54. The molecule has 3 heterocycles. The first kappa shape index (κ1) is 26.1. The first-order valence-corrected chi connectivity index (χ1v) is 14.4. The summed E-state index contributed by atoms with van der Waals surface area (Å²) in [6.07, 6.45) is 4.27. The molecule has 0 aliphatic carbocycles. The molecule has 206 valence electrons. The lowest BCUT2D eigenvalue weighted by molar-refractivity contribution is -0.141. The van der Waals surface area contributed by atoms with Crippen molar-refractivity contribution in [2.75, 3.05) is 44.3 Å². The van der Waals surface area contributed by atoms with Crippen LogP contribution in [0.15, 0.2) is 84.9 Å². The molecule has 6 rings (SSSR count). The third-order valence-electron chi connectivity index (χ3n) is 8.73. The Morgan fingerprint density at radius 1 is 0.675 bits per heavy atom. The highest BCUT2D eigenvalue weighted by atomic mass is 16.2. The number of anilines is 1. The van der Waals surface area contributed by atoms with Crippen molar-refractivity contribution in [2.24, 2.45) is 0 Å². The molecule has 1 spiro atoms. The summed E-state index contributed by atoms with van der Waals surface area (Å²) in [6, 6.07) is 27.8. The van der Waals surface area contributed by atoms with Gasteiger partial charge in [0.05, 0.1) is 6.67 Å². The largest absolute Gasteiger partial charge is 0.341 e. The smallest absolute Gasteiger partial charge is 0.253 e. The third kappa shape index (κ3) is 4.96. The van der Waals surface area contributed by atoms with Crippen LogP contribution in [0.1, 0.15) is 42.5 Å². The molecule has 3 aliphatic heterocycles. The molecule has 7 heteroatoms. The van der Waals surface area contributed by atoms with Gasteiger partial charge in [-0.3, -0.25) is 14.4 Å². The second-order valence-corrected chi connectivity index (χ2v) is 11.1. The molecule has 0 N–H and O–H groups in total. The average Bonchev–Trinajstić information content (AvgIpc) is 3.28. The van der Waals surface area contributed by atoms with E-state index in [1.54, 1.807) is 4.90 Å². The summed E-state index contributed by atoms with van der Waals surface area (Å²) in [7, 11) is 0. The van der Waals surface area contributed by atoms with Crippen LogP contribution in [0.25, 0.3) is 11.1 Å². The number of piperidine rings is 2. The van der Waals surface area contributed by atoms with Crippen LogP contribution in [0.3, 0.4) is 0 Å². The van der Waals surface area contributed by atoms with Gasteiger partial charge in [-0.25, -0.2) is 0 Å². The van der Waals surface area contributed by atoms with Gasteiger partial charge in [-0.05, 0) is 67.5 Å². The van der Waals surface area contributed by atoms with Gasteiger partial charge < -0.3 is 19.6 Å². The van der Waals surface area contributed by atoms with E-state index in [0.717, 1.165) is 49.2 Å². The van der Waals surface area contributed by atoms with Gasteiger partial charge in [0.15, 0.2) is 0 Å². The van der Waals surface area contributed by atoms with Crippen molar-refractivity contribution >= 4 is 23.4 Å². The molecule has 40 heavy (non-hydrogen) atoms. The first-order chi connectivity index (χ1) is 19.5. The summed E-state index contributed by atoms with van der Waals surface area (Å²) >= 11 is 0. The number of hydrogen-bond acceptors (Lipinski definition) is 4. The molecule has 0 bridgehead atoms. The van der Waals surface area contributed by atoms with Crippen molar-refractivity contribution in [1.29, 1.82) is 0 Å². The predicted molar refractivity (Wildman–Crippen MR) is 156 cm³/mol. The Hall–Kier alpha value is -4.13. The number of benzene rings is 3. The lowest BCUT2D eigenvalue weighted by Crippen LogP contribution is -2.57. The fourth-order valence-corrected chi connectivity index (χ4v) is 6.43. The third-order valence-corrected chi connectivity index (χ3v) is 8.73. The zero-order valence-electron chi connectivity index (χ0n) is 22.9. The molecule has 0 radical (unpaired) electrons. The molecule has 0 unspecified atom stereocenters. The van der Waals surface area contributed by atoms with E-state index in [2.05, 4.69) is 17.0 Å². The molecular formula is C33H36N4O3. The Morgan fingerprint density at radius 3 is 1.93 bits per heavy atom. The number of amides is 3. The van der Waals surface area contributed by atoms with Crippen LogP contribution in [0, 0.1) is 0 Å². The van der Waals surface area contributed by atoms with Crippen molar-refractivity contribution in [3.05, 3.63) is 90.5 Å². The SMILES string of the molecule is O=C(CN1CN(c2ccccc2)C2(CCN(C(=O)c3ccc(-c4ccccc4)cc3)CC2)C1=O)N1CCCCC1. The Morgan fingerprint density at radius 2 is 1.27 bits per heavy atom. The monoisotopic (exact) mass is 536 g/mol. The molecule has 3 amide bonds. The van der Waals surface area contributed by atoms with Gasteiger partial charge in [-0.1, -0.05) is 60.7 Å². The first-order valence-electron chi connectivity index (χ1n) is 14.4. The predicted octanol–water partition coefficient (Wildman–Crippen LogP) is 4.65.